The number of carbonyl (C=O) groups is 3. The summed E-state index contributed by atoms with van der Waals surface area (Å²) in [7, 11) is 0. The van der Waals surface area contributed by atoms with E-state index in [0.29, 0.717) is 44.8 Å². The van der Waals surface area contributed by atoms with E-state index in [4.69, 9.17) is 4.74 Å². The highest BCUT2D eigenvalue weighted by atomic mass is 19.1. The van der Waals surface area contributed by atoms with Gasteiger partial charge in [0.25, 0.3) is 0 Å². The zero-order valence-electron chi connectivity index (χ0n) is 19.8. The molecule has 0 aliphatic carbocycles. The first-order chi connectivity index (χ1) is 15.8. The number of rotatable bonds is 7. The van der Waals surface area contributed by atoms with Crippen molar-refractivity contribution < 1.29 is 23.5 Å². The monoisotopic (exact) mass is 460 g/mol. The van der Waals surface area contributed by atoms with Crippen molar-refractivity contribution in [3.05, 3.63) is 46.9 Å². The van der Waals surface area contributed by atoms with Crippen LogP contribution in [0, 0.1) is 5.82 Å². The van der Waals surface area contributed by atoms with Crippen LogP contribution in [0.4, 0.5) is 9.18 Å². The van der Waals surface area contributed by atoms with Gasteiger partial charge in [0, 0.05) is 56.4 Å². The molecule has 3 amide bonds. The second-order valence-corrected chi connectivity index (χ2v) is 8.25. The molecule has 33 heavy (non-hydrogen) atoms. The number of likely N-dealkylation sites (N-methyl/N-ethyl adjacent to an activating group) is 1. The van der Waals surface area contributed by atoms with E-state index in [1.165, 1.54) is 11.0 Å². The van der Waals surface area contributed by atoms with Gasteiger partial charge in [0.2, 0.25) is 5.91 Å². The first-order valence-corrected chi connectivity index (χ1v) is 11.6. The van der Waals surface area contributed by atoms with Crippen molar-refractivity contribution >= 4 is 17.9 Å². The Morgan fingerprint density at radius 3 is 2.52 bits per heavy atom. The largest absolute Gasteiger partial charge is 0.463 e. The molecule has 2 atom stereocenters. The second-order valence-electron chi connectivity index (χ2n) is 8.25. The van der Waals surface area contributed by atoms with Gasteiger partial charge in [0.05, 0.1) is 18.2 Å². The Hall–Kier alpha value is -2.94. The van der Waals surface area contributed by atoms with Crippen molar-refractivity contribution in [2.24, 2.45) is 0 Å². The maximum atomic E-state index is 14.7. The number of urea groups is 1. The third kappa shape index (κ3) is 5.19. The Morgan fingerprint density at radius 2 is 1.91 bits per heavy atom. The zero-order valence-corrected chi connectivity index (χ0v) is 19.8. The first kappa shape index (κ1) is 24.7. The van der Waals surface area contributed by atoms with E-state index < -0.39 is 17.8 Å². The SMILES string of the molecule is CCOC(=O)C1=C(CN2CCN(C(=O)CC)[C@H](C)C2)N(CC)C(=O)N[C@H]1c1ccccc1F. The van der Waals surface area contributed by atoms with Gasteiger partial charge in [-0.15, -0.1) is 0 Å². The van der Waals surface area contributed by atoms with Gasteiger partial charge in [0.1, 0.15) is 5.82 Å². The number of esters is 1. The van der Waals surface area contributed by atoms with E-state index in [9.17, 15) is 18.8 Å². The minimum absolute atomic E-state index is 0.00713. The van der Waals surface area contributed by atoms with Crippen molar-refractivity contribution in [1.29, 1.82) is 0 Å². The molecule has 2 aliphatic rings. The maximum Gasteiger partial charge on any atom is 0.338 e. The average Bonchev–Trinajstić information content (AvgIpc) is 2.79. The lowest BCUT2D eigenvalue weighted by atomic mass is 9.93. The molecular weight excluding hydrogens is 427 g/mol. The van der Waals surface area contributed by atoms with Crippen molar-refractivity contribution in [2.75, 3.05) is 39.3 Å². The smallest absolute Gasteiger partial charge is 0.338 e. The molecule has 2 aliphatic heterocycles. The number of hydrogen-bond donors (Lipinski definition) is 1. The number of carbonyl (C=O) groups excluding carboxylic acids is 3. The summed E-state index contributed by atoms with van der Waals surface area (Å²) in [6.45, 7) is 9.99. The summed E-state index contributed by atoms with van der Waals surface area (Å²) < 4.78 is 20.0. The Balaban J connectivity index is 2.01. The number of benzene rings is 1. The lowest BCUT2D eigenvalue weighted by molar-refractivity contribution is -0.139. The number of nitrogens with zero attached hydrogens (tertiary/aromatic N) is 3. The van der Waals surface area contributed by atoms with E-state index >= 15 is 0 Å². The Kier molecular flexibility index (Phi) is 8.07. The third-order valence-electron chi connectivity index (χ3n) is 6.17. The summed E-state index contributed by atoms with van der Waals surface area (Å²) in [5, 5.41) is 2.79. The molecule has 2 heterocycles. The summed E-state index contributed by atoms with van der Waals surface area (Å²) in [4.78, 5) is 43.8. The fourth-order valence-electron chi connectivity index (χ4n) is 4.56. The van der Waals surface area contributed by atoms with Crippen LogP contribution < -0.4 is 5.32 Å². The van der Waals surface area contributed by atoms with E-state index in [-0.39, 0.29) is 35.7 Å². The normalized spacial score (nSPS) is 21.8. The van der Waals surface area contributed by atoms with Gasteiger partial charge in [-0.25, -0.2) is 14.0 Å². The Bertz CT molecular complexity index is 935. The van der Waals surface area contributed by atoms with Crippen LogP contribution in [0.25, 0.3) is 0 Å². The van der Waals surface area contributed by atoms with Gasteiger partial charge in [-0.3, -0.25) is 14.6 Å². The quantitative estimate of drug-likeness (QED) is 0.633. The summed E-state index contributed by atoms with van der Waals surface area (Å²) in [5.41, 5.74) is 0.965. The minimum Gasteiger partial charge on any atom is -0.463 e. The molecule has 0 aromatic heterocycles. The summed E-state index contributed by atoms with van der Waals surface area (Å²) in [6, 6.07) is 4.78. The van der Waals surface area contributed by atoms with E-state index in [1.807, 2.05) is 25.7 Å². The maximum absolute atomic E-state index is 14.7. The van der Waals surface area contributed by atoms with Crippen LogP contribution in [0.3, 0.4) is 0 Å². The minimum atomic E-state index is -0.948. The van der Waals surface area contributed by atoms with E-state index in [2.05, 4.69) is 10.2 Å². The molecule has 9 heteroatoms. The fourth-order valence-corrected chi connectivity index (χ4v) is 4.56. The molecule has 1 aromatic rings. The van der Waals surface area contributed by atoms with Gasteiger partial charge < -0.3 is 15.0 Å². The molecule has 0 bridgehead atoms. The number of halogens is 1. The van der Waals surface area contributed by atoms with E-state index in [1.54, 1.807) is 25.1 Å². The predicted octanol–water partition coefficient (Wildman–Crippen LogP) is 2.67. The molecule has 1 fully saturated rings. The molecule has 1 saturated heterocycles. The topological polar surface area (TPSA) is 82.2 Å². The third-order valence-corrected chi connectivity index (χ3v) is 6.17. The number of amides is 3. The Labute approximate surface area is 194 Å². The van der Waals surface area contributed by atoms with Crippen LogP contribution >= 0.6 is 0 Å². The molecule has 180 valence electrons. The lowest BCUT2D eigenvalue weighted by Gasteiger charge is -2.43. The fraction of sp³-hybridized carbons (Fsp3) is 0.542. The number of piperazine rings is 1. The molecule has 0 radical (unpaired) electrons. The predicted molar refractivity (Wildman–Crippen MR) is 122 cm³/mol. The highest BCUT2D eigenvalue weighted by molar-refractivity contribution is 5.95. The van der Waals surface area contributed by atoms with Crippen LogP contribution in [0.5, 0.6) is 0 Å². The number of nitrogens with one attached hydrogen (secondary N) is 1. The van der Waals surface area contributed by atoms with Crippen LogP contribution in [-0.2, 0) is 14.3 Å². The van der Waals surface area contributed by atoms with Crippen LogP contribution in [-0.4, -0.2) is 78.0 Å². The van der Waals surface area contributed by atoms with Crippen molar-refractivity contribution in [3.63, 3.8) is 0 Å². The first-order valence-electron chi connectivity index (χ1n) is 11.6. The highest BCUT2D eigenvalue weighted by Crippen LogP contribution is 2.33. The van der Waals surface area contributed by atoms with Crippen molar-refractivity contribution in [1.82, 2.24) is 20.0 Å². The zero-order chi connectivity index (χ0) is 24.1. The van der Waals surface area contributed by atoms with Gasteiger partial charge in [0.15, 0.2) is 0 Å². The second kappa shape index (κ2) is 10.8. The molecule has 0 spiro atoms. The van der Waals surface area contributed by atoms with Crippen molar-refractivity contribution in [3.8, 4) is 0 Å². The van der Waals surface area contributed by atoms with E-state index in [0.717, 1.165) is 0 Å². The average molecular weight is 461 g/mol. The number of ether oxygens (including phenoxy) is 1. The Morgan fingerprint density at radius 1 is 1.18 bits per heavy atom. The van der Waals surface area contributed by atoms with Gasteiger partial charge in [-0.2, -0.15) is 0 Å². The van der Waals surface area contributed by atoms with Crippen LogP contribution in [0.15, 0.2) is 35.5 Å². The molecule has 3 rings (SSSR count). The number of hydrogen-bond acceptors (Lipinski definition) is 5. The van der Waals surface area contributed by atoms with Gasteiger partial charge >= 0.3 is 12.0 Å². The molecule has 0 saturated carbocycles. The van der Waals surface area contributed by atoms with Gasteiger partial charge in [-0.1, -0.05) is 25.1 Å². The van der Waals surface area contributed by atoms with Crippen LogP contribution in [0.1, 0.15) is 45.7 Å². The van der Waals surface area contributed by atoms with Crippen LogP contribution in [0.2, 0.25) is 0 Å². The molecular formula is C24H33FN4O4. The molecule has 8 nitrogen and oxygen atoms in total. The summed E-state index contributed by atoms with van der Waals surface area (Å²) in [5.74, 6) is -0.971. The summed E-state index contributed by atoms with van der Waals surface area (Å²) >= 11 is 0. The molecule has 1 N–H and O–H groups in total. The highest BCUT2D eigenvalue weighted by Gasteiger charge is 2.40. The molecule has 0 unspecified atom stereocenters. The lowest BCUT2D eigenvalue weighted by Crippen LogP contribution is -2.56. The van der Waals surface area contributed by atoms with Crippen molar-refractivity contribution in [2.45, 2.75) is 46.2 Å². The standard InChI is InChI=1S/C24H33FN4O4/c1-5-20(30)29-13-12-27(14-16(29)4)15-19-21(23(31)33-7-3)22(26-24(32)28(19)6-2)17-10-8-9-11-18(17)25/h8-11,16,22H,5-7,12-15H2,1-4H3,(H,26,32)/t16-,22+/m1/s1. The van der Waals surface area contributed by atoms with Gasteiger partial charge in [-0.05, 0) is 26.8 Å². The summed E-state index contributed by atoms with van der Waals surface area (Å²) in [6.07, 6.45) is 0.455. The molecule has 1 aromatic carbocycles.